The lowest BCUT2D eigenvalue weighted by molar-refractivity contribution is -0.141. The van der Waals surface area contributed by atoms with Crippen LogP contribution < -0.4 is 11.5 Å². The summed E-state index contributed by atoms with van der Waals surface area (Å²) < 4.78 is 0. The monoisotopic (exact) mass is 434 g/mol. The predicted octanol–water partition coefficient (Wildman–Crippen LogP) is 3.16. The summed E-state index contributed by atoms with van der Waals surface area (Å²) in [6.07, 6.45) is 12.6. The lowest BCUT2D eigenvalue weighted by Crippen LogP contribution is -2.14. The molecule has 10 heteroatoms. The topological polar surface area (TPSA) is 129 Å². The summed E-state index contributed by atoms with van der Waals surface area (Å²) >= 11 is 7.56. The molecule has 0 aliphatic carbocycles. The maximum absolute atomic E-state index is 10.9. The van der Waals surface area contributed by atoms with Crippen molar-refractivity contribution in [2.24, 2.45) is 21.8 Å². The number of thiol groups is 2. The fourth-order valence-electron chi connectivity index (χ4n) is 2.39. The first-order chi connectivity index (χ1) is 13.5. The molecule has 0 saturated carbocycles. The first kappa shape index (κ1) is 26.6. The standard InChI is InChI=1S/C18H34N4O4S2/c19-15(21-25-17(23)13-27)11-9-7-5-3-1-2-4-6-8-10-12-16(20)22-26-18(24)14-28/h27-28H,1-14H2,(H2,19,21)(H2,20,22). The molecule has 0 aliphatic rings. The zero-order valence-corrected chi connectivity index (χ0v) is 18.3. The summed E-state index contributed by atoms with van der Waals surface area (Å²) in [5.41, 5.74) is 11.3. The molecule has 0 amide bonds. The van der Waals surface area contributed by atoms with E-state index in [1.54, 1.807) is 0 Å². The summed E-state index contributed by atoms with van der Waals surface area (Å²) in [5.74, 6) is -0.323. The molecule has 0 radical (unpaired) electrons. The van der Waals surface area contributed by atoms with Crippen LogP contribution in [0.1, 0.15) is 77.0 Å². The number of nitrogens with two attached hydrogens (primary N) is 2. The summed E-state index contributed by atoms with van der Waals surface area (Å²) in [6.45, 7) is 0. The number of hydrogen-bond acceptors (Lipinski definition) is 8. The van der Waals surface area contributed by atoms with Crippen molar-refractivity contribution in [1.29, 1.82) is 0 Å². The fourth-order valence-corrected chi connectivity index (χ4v) is 2.51. The minimum absolute atomic E-state index is 0.00701. The number of carbonyl (C=O) groups excluding carboxylic acids is 2. The molecular weight excluding hydrogens is 400 g/mol. The number of hydrogen-bond donors (Lipinski definition) is 4. The molecule has 0 atom stereocenters. The summed E-state index contributed by atoms with van der Waals surface area (Å²) in [5, 5.41) is 7.13. The molecule has 0 unspecified atom stereocenters. The van der Waals surface area contributed by atoms with Crippen molar-refractivity contribution in [2.75, 3.05) is 11.5 Å². The second-order valence-electron chi connectivity index (χ2n) is 6.44. The highest BCUT2D eigenvalue weighted by Crippen LogP contribution is 2.12. The van der Waals surface area contributed by atoms with E-state index in [1.807, 2.05) is 0 Å². The fraction of sp³-hybridized carbons (Fsp3) is 0.778. The van der Waals surface area contributed by atoms with E-state index in [0.717, 1.165) is 25.7 Å². The van der Waals surface area contributed by atoms with Crippen LogP contribution in [-0.4, -0.2) is 35.1 Å². The van der Waals surface area contributed by atoms with Gasteiger partial charge in [0.05, 0.1) is 11.5 Å². The third kappa shape index (κ3) is 18.0. The van der Waals surface area contributed by atoms with Gasteiger partial charge in [-0.05, 0) is 12.8 Å². The van der Waals surface area contributed by atoms with Gasteiger partial charge in [0.25, 0.3) is 0 Å². The van der Waals surface area contributed by atoms with Crippen LogP contribution in [0.3, 0.4) is 0 Å². The van der Waals surface area contributed by atoms with Crippen molar-refractivity contribution in [3.63, 3.8) is 0 Å². The van der Waals surface area contributed by atoms with Gasteiger partial charge in [-0.25, -0.2) is 9.59 Å². The molecule has 0 fully saturated rings. The zero-order valence-electron chi connectivity index (χ0n) is 16.5. The van der Waals surface area contributed by atoms with Crippen LogP contribution in [0.15, 0.2) is 10.3 Å². The minimum atomic E-state index is -0.502. The average molecular weight is 435 g/mol. The molecule has 28 heavy (non-hydrogen) atoms. The molecule has 4 N–H and O–H groups in total. The number of rotatable bonds is 17. The summed E-state index contributed by atoms with van der Waals surface area (Å²) in [7, 11) is 0. The maximum Gasteiger partial charge on any atom is 0.344 e. The lowest BCUT2D eigenvalue weighted by atomic mass is 10.0. The number of oxime groups is 2. The van der Waals surface area contributed by atoms with Crippen LogP contribution in [0.4, 0.5) is 0 Å². The first-order valence-corrected chi connectivity index (χ1v) is 11.0. The number of amidine groups is 2. The Kier molecular flexibility index (Phi) is 18.0. The highest BCUT2D eigenvalue weighted by Gasteiger charge is 2.01. The van der Waals surface area contributed by atoms with E-state index >= 15 is 0 Å². The van der Waals surface area contributed by atoms with E-state index in [-0.39, 0.29) is 11.5 Å². The van der Waals surface area contributed by atoms with Crippen LogP contribution >= 0.6 is 25.3 Å². The lowest BCUT2D eigenvalue weighted by Gasteiger charge is -2.03. The van der Waals surface area contributed by atoms with Gasteiger partial charge in [-0.15, -0.1) is 0 Å². The third-order valence-corrected chi connectivity index (χ3v) is 4.42. The molecule has 0 heterocycles. The highest BCUT2D eigenvalue weighted by molar-refractivity contribution is 7.81. The van der Waals surface area contributed by atoms with E-state index < -0.39 is 11.9 Å². The third-order valence-electron chi connectivity index (χ3n) is 3.90. The Balaban J connectivity index is 3.40. The zero-order chi connectivity index (χ0) is 21.0. The normalized spacial score (nSPS) is 12.1. The Morgan fingerprint density at radius 2 is 0.893 bits per heavy atom. The van der Waals surface area contributed by atoms with E-state index in [0.29, 0.717) is 24.5 Å². The SMILES string of the molecule is N/C(CCCCCCCCCCCC/C(N)=N\OC(=O)CS)=N\OC(=O)CS. The Labute approximate surface area is 178 Å². The Bertz CT molecular complexity index is 458. The van der Waals surface area contributed by atoms with Gasteiger partial charge in [0.15, 0.2) is 0 Å². The first-order valence-electron chi connectivity index (χ1n) is 9.75. The molecule has 0 spiro atoms. The van der Waals surface area contributed by atoms with Crippen molar-refractivity contribution in [3.05, 3.63) is 0 Å². The molecule has 0 aromatic heterocycles. The molecule has 0 aromatic rings. The molecule has 0 aromatic carbocycles. The van der Waals surface area contributed by atoms with Crippen LogP contribution in [0.2, 0.25) is 0 Å². The molecule has 0 bridgehead atoms. The van der Waals surface area contributed by atoms with Crippen molar-refractivity contribution in [1.82, 2.24) is 0 Å². The minimum Gasteiger partial charge on any atom is -0.384 e. The summed E-state index contributed by atoms with van der Waals surface area (Å²) in [6, 6.07) is 0. The van der Waals surface area contributed by atoms with Gasteiger partial charge >= 0.3 is 11.9 Å². The molecule has 8 nitrogen and oxygen atoms in total. The second-order valence-corrected chi connectivity index (χ2v) is 7.08. The van der Waals surface area contributed by atoms with Crippen LogP contribution in [0, 0.1) is 0 Å². The van der Waals surface area contributed by atoms with E-state index in [2.05, 4.69) is 45.2 Å². The quantitative estimate of drug-likeness (QED) is 0.0695. The second kappa shape index (κ2) is 18.9. The smallest absolute Gasteiger partial charge is 0.344 e. The largest absolute Gasteiger partial charge is 0.384 e. The van der Waals surface area contributed by atoms with Gasteiger partial charge in [-0.3, -0.25) is 0 Å². The van der Waals surface area contributed by atoms with E-state index in [9.17, 15) is 9.59 Å². The molecule has 162 valence electrons. The van der Waals surface area contributed by atoms with Crippen LogP contribution in [-0.2, 0) is 19.3 Å². The van der Waals surface area contributed by atoms with E-state index in [1.165, 1.54) is 38.5 Å². The highest BCUT2D eigenvalue weighted by atomic mass is 32.1. The average Bonchev–Trinajstić information content (AvgIpc) is 2.70. The summed E-state index contributed by atoms with van der Waals surface area (Å²) in [4.78, 5) is 30.9. The number of unbranched alkanes of at least 4 members (excludes halogenated alkanes) is 9. The molecule has 0 rings (SSSR count). The van der Waals surface area contributed by atoms with Crippen molar-refractivity contribution in [3.8, 4) is 0 Å². The maximum atomic E-state index is 10.9. The predicted molar refractivity (Wildman–Crippen MR) is 119 cm³/mol. The van der Waals surface area contributed by atoms with Crippen LogP contribution in [0.25, 0.3) is 0 Å². The van der Waals surface area contributed by atoms with Crippen LogP contribution in [0.5, 0.6) is 0 Å². The van der Waals surface area contributed by atoms with Crippen molar-refractivity contribution in [2.45, 2.75) is 77.0 Å². The van der Waals surface area contributed by atoms with Gasteiger partial charge in [0, 0.05) is 12.8 Å². The molecule has 0 saturated heterocycles. The Morgan fingerprint density at radius 3 is 1.18 bits per heavy atom. The Morgan fingerprint density at radius 1 is 0.607 bits per heavy atom. The van der Waals surface area contributed by atoms with Crippen molar-refractivity contribution < 1.29 is 19.3 Å². The molecular formula is C18H34N4O4S2. The van der Waals surface area contributed by atoms with E-state index in [4.69, 9.17) is 11.5 Å². The Hall–Kier alpha value is -1.42. The van der Waals surface area contributed by atoms with Gasteiger partial charge in [-0.1, -0.05) is 61.7 Å². The van der Waals surface area contributed by atoms with Gasteiger partial charge in [-0.2, -0.15) is 25.3 Å². The van der Waals surface area contributed by atoms with Gasteiger partial charge < -0.3 is 21.1 Å². The van der Waals surface area contributed by atoms with Crippen molar-refractivity contribution >= 4 is 48.9 Å². The molecule has 0 aliphatic heterocycles. The van der Waals surface area contributed by atoms with Gasteiger partial charge in [0.1, 0.15) is 11.7 Å². The number of nitrogens with zero attached hydrogens (tertiary/aromatic N) is 2. The van der Waals surface area contributed by atoms with Gasteiger partial charge in [0.2, 0.25) is 0 Å². The number of carbonyl (C=O) groups is 2.